The quantitative estimate of drug-likeness (QED) is 0.649. The third-order valence-corrected chi connectivity index (χ3v) is 1.52. The molecule has 0 fully saturated rings. The molecule has 1 rings (SSSR count). The summed E-state index contributed by atoms with van der Waals surface area (Å²) >= 11 is 0. The summed E-state index contributed by atoms with van der Waals surface area (Å²) in [7, 11) is 0. The van der Waals surface area contributed by atoms with Gasteiger partial charge in [-0.15, -0.1) is 0 Å². The molecule has 0 bridgehead atoms. The van der Waals surface area contributed by atoms with Crippen molar-refractivity contribution in [3.63, 3.8) is 0 Å². The molecule has 0 aliphatic carbocycles. The van der Waals surface area contributed by atoms with Crippen LogP contribution in [0.5, 0.6) is 0 Å². The predicted octanol–water partition coefficient (Wildman–Crippen LogP) is 0.492. The van der Waals surface area contributed by atoms with E-state index in [0.717, 1.165) is 5.69 Å². The van der Waals surface area contributed by atoms with Crippen LogP contribution in [0.3, 0.4) is 0 Å². The van der Waals surface area contributed by atoms with Crippen LogP contribution in [0.1, 0.15) is 11.3 Å². The molecule has 10 heavy (non-hydrogen) atoms. The molecular formula is C7H12N2O. The largest absolute Gasteiger partial charge is 0.394 e. The Hall–Kier alpha value is -0.830. The highest BCUT2D eigenvalue weighted by Crippen LogP contribution is 2.01. The number of aliphatic hydroxyl groups is 1. The third-order valence-electron chi connectivity index (χ3n) is 1.52. The molecule has 0 saturated heterocycles. The van der Waals surface area contributed by atoms with E-state index in [2.05, 4.69) is 5.10 Å². The lowest BCUT2D eigenvalue weighted by Gasteiger charge is -1.93. The molecular weight excluding hydrogens is 128 g/mol. The van der Waals surface area contributed by atoms with E-state index in [9.17, 15) is 0 Å². The van der Waals surface area contributed by atoms with Gasteiger partial charge in [-0.05, 0) is 19.4 Å². The molecule has 0 saturated carbocycles. The monoisotopic (exact) mass is 140 g/mol. The van der Waals surface area contributed by atoms with Gasteiger partial charge in [0, 0.05) is 6.20 Å². The van der Waals surface area contributed by atoms with Crippen LogP contribution in [-0.4, -0.2) is 21.5 Å². The van der Waals surface area contributed by atoms with Crippen LogP contribution in [0.2, 0.25) is 0 Å². The van der Waals surface area contributed by atoms with Gasteiger partial charge < -0.3 is 5.11 Å². The first-order chi connectivity index (χ1) is 4.74. The van der Waals surface area contributed by atoms with Gasteiger partial charge in [-0.25, -0.2) is 0 Å². The van der Waals surface area contributed by atoms with Crippen molar-refractivity contribution in [1.82, 2.24) is 9.78 Å². The summed E-state index contributed by atoms with van der Waals surface area (Å²) in [6.45, 7) is 4.72. The van der Waals surface area contributed by atoms with Crippen molar-refractivity contribution in [3.8, 4) is 0 Å². The Morgan fingerprint density at radius 3 is 2.70 bits per heavy atom. The van der Waals surface area contributed by atoms with E-state index < -0.39 is 0 Å². The topological polar surface area (TPSA) is 38.0 Å². The van der Waals surface area contributed by atoms with E-state index in [1.54, 1.807) is 4.68 Å². The number of aryl methyl sites for hydroxylation is 2. The van der Waals surface area contributed by atoms with Gasteiger partial charge in [0.05, 0.1) is 18.8 Å². The minimum atomic E-state index is 0.153. The Balaban J connectivity index is 2.77. The zero-order valence-electron chi connectivity index (χ0n) is 6.33. The van der Waals surface area contributed by atoms with E-state index in [1.165, 1.54) is 5.56 Å². The highest BCUT2D eigenvalue weighted by atomic mass is 16.3. The first-order valence-corrected chi connectivity index (χ1v) is 3.35. The maximum atomic E-state index is 8.56. The summed E-state index contributed by atoms with van der Waals surface area (Å²) in [5, 5.41) is 12.7. The molecule has 0 atom stereocenters. The Bertz CT molecular complexity index is 198. The van der Waals surface area contributed by atoms with E-state index in [4.69, 9.17) is 5.11 Å². The number of aliphatic hydroxyl groups excluding tert-OH is 1. The molecule has 0 amide bonds. The number of nitrogens with zero attached hydrogens (tertiary/aromatic N) is 2. The number of hydrogen-bond donors (Lipinski definition) is 1. The Morgan fingerprint density at radius 2 is 2.30 bits per heavy atom. The molecule has 1 aromatic heterocycles. The summed E-state index contributed by atoms with van der Waals surface area (Å²) < 4.78 is 1.75. The normalized spacial score (nSPS) is 10.3. The van der Waals surface area contributed by atoms with Crippen LogP contribution in [0.4, 0.5) is 0 Å². The zero-order chi connectivity index (χ0) is 7.56. The SMILES string of the molecule is Cc1cn(CCO)nc1C. The molecule has 1 aromatic rings. The highest BCUT2D eigenvalue weighted by Gasteiger charge is 1.97. The standard InChI is InChI=1S/C7H12N2O/c1-6-5-9(3-4-10)8-7(6)2/h5,10H,3-4H2,1-2H3. The minimum Gasteiger partial charge on any atom is -0.394 e. The first-order valence-electron chi connectivity index (χ1n) is 3.35. The van der Waals surface area contributed by atoms with Crippen molar-refractivity contribution in [2.75, 3.05) is 6.61 Å². The van der Waals surface area contributed by atoms with Crippen molar-refractivity contribution in [1.29, 1.82) is 0 Å². The van der Waals surface area contributed by atoms with Crippen molar-refractivity contribution < 1.29 is 5.11 Å². The van der Waals surface area contributed by atoms with E-state index >= 15 is 0 Å². The molecule has 3 heteroatoms. The summed E-state index contributed by atoms with van der Waals surface area (Å²) in [5.74, 6) is 0. The predicted molar refractivity (Wildman–Crippen MR) is 38.8 cm³/mol. The number of rotatable bonds is 2. The first kappa shape index (κ1) is 7.28. The molecule has 3 nitrogen and oxygen atoms in total. The maximum absolute atomic E-state index is 8.56. The van der Waals surface area contributed by atoms with Gasteiger partial charge in [0.1, 0.15) is 0 Å². The fourth-order valence-electron chi connectivity index (χ4n) is 0.834. The third kappa shape index (κ3) is 1.36. The summed E-state index contributed by atoms with van der Waals surface area (Å²) in [4.78, 5) is 0. The van der Waals surface area contributed by atoms with Crippen LogP contribution in [0.25, 0.3) is 0 Å². The van der Waals surface area contributed by atoms with E-state index in [-0.39, 0.29) is 6.61 Å². The smallest absolute Gasteiger partial charge is 0.0641 e. The summed E-state index contributed by atoms with van der Waals surface area (Å²) in [6, 6.07) is 0. The fraction of sp³-hybridized carbons (Fsp3) is 0.571. The van der Waals surface area contributed by atoms with Crippen LogP contribution < -0.4 is 0 Å². The van der Waals surface area contributed by atoms with Crippen molar-refractivity contribution >= 4 is 0 Å². The van der Waals surface area contributed by atoms with Crippen LogP contribution in [0.15, 0.2) is 6.20 Å². The second-order valence-corrected chi connectivity index (χ2v) is 2.38. The number of aromatic nitrogens is 2. The highest BCUT2D eigenvalue weighted by molar-refractivity contribution is 5.12. The van der Waals surface area contributed by atoms with Crippen LogP contribution in [0, 0.1) is 13.8 Å². The Kier molecular flexibility index (Phi) is 2.06. The molecule has 0 aliphatic heterocycles. The molecule has 0 spiro atoms. The second-order valence-electron chi connectivity index (χ2n) is 2.38. The lowest BCUT2D eigenvalue weighted by molar-refractivity contribution is 0.269. The molecule has 56 valence electrons. The van der Waals surface area contributed by atoms with Crippen LogP contribution >= 0.6 is 0 Å². The van der Waals surface area contributed by atoms with Gasteiger partial charge in [-0.2, -0.15) is 5.10 Å². The molecule has 0 aromatic carbocycles. The van der Waals surface area contributed by atoms with Crippen molar-refractivity contribution in [3.05, 3.63) is 17.5 Å². The summed E-state index contributed by atoms with van der Waals surface area (Å²) in [5.41, 5.74) is 2.21. The average molecular weight is 140 g/mol. The van der Waals surface area contributed by atoms with Crippen LogP contribution in [-0.2, 0) is 6.54 Å². The second kappa shape index (κ2) is 2.84. The molecule has 0 unspecified atom stereocenters. The van der Waals surface area contributed by atoms with Gasteiger partial charge in [0.15, 0.2) is 0 Å². The van der Waals surface area contributed by atoms with Crippen molar-refractivity contribution in [2.24, 2.45) is 0 Å². The van der Waals surface area contributed by atoms with Crippen molar-refractivity contribution in [2.45, 2.75) is 20.4 Å². The molecule has 1 heterocycles. The molecule has 0 radical (unpaired) electrons. The average Bonchev–Trinajstić information content (AvgIpc) is 2.14. The lowest BCUT2D eigenvalue weighted by Crippen LogP contribution is -2.02. The van der Waals surface area contributed by atoms with Gasteiger partial charge in [0.25, 0.3) is 0 Å². The van der Waals surface area contributed by atoms with Gasteiger partial charge in [-0.1, -0.05) is 0 Å². The van der Waals surface area contributed by atoms with Gasteiger partial charge in [-0.3, -0.25) is 4.68 Å². The fourth-order valence-corrected chi connectivity index (χ4v) is 0.834. The maximum Gasteiger partial charge on any atom is 0.0641 e. The Labute approximate surface area is 60.3 Å². The van der Waals surface area contributed by atoms with Gasteiger partial charge in [0.2, 0.25) is 0 Å². The van der Waals surface area contributed by atoms with E-state index in [1.807, 2.05) is 20.0 Å². The minimum absolute atomic E-state index is 0.153. The summed E-state index contributed by atoms with van der Waals surface area (Å²) in [6.07, 6.45) is 1.94. The molecule has 1 N–H and O–H groups in total. The Morgan fingerprint density at radius 1 is 1.60 bits per heavy atom. The zero-order valence-corrected chi connectivity index (χ0v) is 6.33. The molecule has 0 aliphatic rings. The van der Waals surface area contributed by atoms with E-state index in [0.29, 0.717) is 6.54 Å². The lowest BCUT2D eigenvalue weighted by atomic mass is 10.3. The van der Waals surface area contributed by atoms with Gasteiger partial charge >= 0.3 is 0 Å². The number of hydrogen-bond acceptors (Lipinski definition) is 2.